The molecule has 84 valence electrons. The maximum absolute atomic E-state index is 11.6. The van der Waals surface area contributed by atoms with Gasteiger partial charge < -0.3 is 10.0 Å². The molecule has 0 aliphatic carbocycles. The SMILES string of the molecule is O=C(O)[C@H]1CC(=O)N(c2cccc(Cl)c2)C1. The van der Waals surface area contributed by atoms with Crippen molar-refractivity contribution in [1.29, 1.82) is 0 Å². The maximum atomic E-state index is 11.6. The zero-order valence-electron chi connectivity index (χ0n) is 8.39. The lowest BCUT2D eigenvalue weighted by Crippen LogP contribution is -2.25. The Bertz CT molecular complexity index is 447. The van der Waals surface area contributed by atoms with E-state index in [4.69, 9.17) is 16.7 Å². The lowest BCUT2D eigenvalue weighted by atomic mass is 10.1. The predicted molar refractivity (Wildman–Crippen MR) is 59.5 cm³/mol. The van der Waals surface area contributed by atoms with Crippen LogP contribution in [0.3, 0.4) is 0 Å². The van der Waals surface area contributed by atoms with Gasteiger partial charge in [-0.1, -0.05) is 17.7 Å². The smallest absolute Gasteiger partial charge is 0.308 e. The molecule has 0 spiro atoms. The summed E-state index contributed by atoms with van der Waals surface area (Å²) in [6.45, 7) is 0.217. The average Bonchev–Trinajstić information content (AvgIpc) is 2.60. The Morgan fingerprint density at radius 1 is 1.50 bits per heavy atom. The summed E-state index contributed by atoms with van der Waals surface area (Å²) in [4.78, 5) is 23.9. The van der Waals surface area contributed by atoms with E-state index < -0.39 is 11.9 Å². The highest BCUT2D eigenvalue weighted by Gasteiger charge is 2.34. The van der Waals surface area contributed by atoms with Crippen LogP contribution in [0.5, 0.6) is 0 Å². The molecule has 5 heteroatoms. The number of hydrogen-bond donors (Lipinski definition) is 1. The van der Waals surface area contributed by atoms with Crippen LogP contribution in [0.1, 0.15) is 6.42 Å². The van der Waals surface area contributed by atoms with Gasteiger partial charge in [-0.05, 0) is 18.2 Å². The molecule has 0 bridgehead atoms. The molecule has 1 amide bonds. The van der Waals surface area contributed by atoms with Crippen molar-refractivity contribution in [2.75, 3.05) is 11.4 Å². The molecule has 16 heavy (non-hydrogen) atoms. The second-order valence-electron chi connectivity index (χ2n) is 3.72. The second-order valence-corrected chi connectivity index (χ2v) is 4.16. The van der Waals surface area contributed by atoms with E-state index in [1.165, 1.54) is 4.90 Å². The largest absolute Gasteiger partial charge is 0.481 e. The lowest BCUT2D eigenvalue weighted by Gasteiger charge is -2.16. The van der Waals surface area contributed by atoms with Crippen molar-refractivity contribution in [2.24, 2.45) is 5.92 Å². The van der Waals surface area contributed by atoms with Crippen LogP contribution in [-0.2, 0) is 9.59 Å². The summed E-state index contributed by atoms with van der Waals surface area (Å²) < 4.78 is 0. The first-order chi connectivity index (χ1) is 7.58. The second kappa shape index (κ2) is 4.14. The fourth-order valence-electron chi connectivity index (χ4n) is 1.77. The van der Waals surface area contributed by atoms with Gasteiger partial charge in [0.05, 0.1) is 5.92 Å². The molecule has 1 heterocycles. The molecular formula is C11H10ClNO3. The van der Waals surface area contributed by atoms with E-state index >= 15 is 0 Å². The summed E-state index contributed by atoms with van der Waals surface area (Å²) in [7, 11) is 0. The normalized spacial score (nSPS) is 20.2. The number of hydrogen-bond acceptors (Lipinski definition) is 2. The van der Waals surface area contributed by atoms with Crippen LogP contribution in [0.4, 0.5) is 5.69 Å². The van der Waals surface area contributed by atoms with E-state index in [0.29, 0.717) is 10.7 Å². The van der Waals surface area contributed by atoms with E-state index in [1.807, 2.05) is 0 Å². The van der Waals surface area contributed by atoms with Gasteiger partial charge in [-0.2, -0.15) is 0 Å². The zero-order valence-corrected chi connectivity index (χ0v) is 9.15. The number of benzene rings is 1. The van der Waals surface area contributed by atoms with Gasteiger partial charge in [0.2, 0.25) is 5.91 Å². The lowest BCUT2D eigenvalue weighted by molar-refractivity contribution is -0.141. The summed E-state index contributed by atoms with van der Waals surface area (Å²) in [5.74, 6) is -1.72. The summed E-state index contributed by atoms with van der Waals surface area (Å²) >= 11 is 5.82. The van der Waals surface area contributed by atoms with Gasteiger partial charge in [0.1, 0.15) is 0 Å². The van der Waals surface area contributed by atoms with Crippen LogP contribution in [0, 0.1) is 5.92 Å². The predicted octanol–water partition coefficient (Wildman–Crippen LogP) is 1.78. The molecule has 0 unspecified atom stereocenters. The molecule has 0 saturated carbocycles. The number of carboxylic acid groups (broad SMARTS) is 1. The molecule has 1 aromatic carbocycles. The highest BCUT2D eigenvalue weighted by Crippen LogP contribution is 2.26. The Morgan fingerprint density at radius 2 is 2.25 bits per heavy atom. The number of anilines is 1. The Hall–Kier alpha value is -1.55. The molecule has 1 atom stereocenters. The fraction of sp³-hybridized carbons (Fsp3) is 0.273. The number of carboxylic acids is 1. The molecular weight excluding hydrogens is 230 g/mol. The summed E-state index contributed by atoms with van der Waals surface area (Å²) in [5.41, 5.74) is 0.654. The Labute approximate surface area is 97.4 Å². The summed E-state index contributed by atoms with van der Waals surface area (Å²) in [6, 6.07) is 6.84. The van der Waals surface area contributed by atoms with Gasteiger partial charge in [-0.25, -0.2) is 0 Å². The van der Waals surface area contributed by atoms with Crippen LogP contribution in [0.2, 0.25) is 5.02 Å². The minimum atomic E-state index is -0.933. The topological polar surface area (TPSA) is 57.6 Å². The molecule has 2 rings (SSSR count). The summed E-state index contributed by atoms with van der Waals surface area (Å²) in [6.07, 6.45) is 0.0574. The third kappa shape index (κ3) is 2.02. The van der Waals surface area contributed by atoms with Gasteiger partial charge >= 0.3 is 5.97 Å². The minimum Gasteiger partial charge on any atom is -0.481 e. The highest BCUT2D eigenvalue weighted by molar-refractivity contribution is 6.30. The van der Waals surface area contributed by atoms with Crippen LogP contribution < -0.4 is 4.90 Å². The molecule has 4 nitrogen and oxygen atoms in total. The fourth-order valence-corrected chi connectivity index (χ4v) is 1.95. The first kappa shape index (κ1) is 11.0. The zero-order chi connectivity index (χ0) is 11.7. The van der Waals surface area contributed by atoms with E-state index in [0.717, 1.165) is 0 Å². The van der Waals surface area contributed by atoms with E-state index in [2.05, 4.69) is 0 Å². The van der Waals surface area contributed by atoms with Gasteiger partial charge in [0.15, 0.2) is 0 Å². The standard InChI is InChI=1S/C11H10ClNO3/c12-8-2-1-3-9(5-8)13-6-7(11(15)16)4-10(13)14/h1-3,5,7H,4,6H2,(H,15,16)/t7-/m0/s1. The Kier molecular flexibility index (Phi) is 2.83. The first-order valence-corrected chi connectivity index (χ1v) is 5.24. The molecule has 1 aliphatic heterocycles. The van der Waals surface area contributed by atoms with Crippen molar-refractivity contribution in [3.05, 3.63) is 29.3 Å². The van der Waals surface area contributed by atoms with Gasteiger partial charge in [0.25, 0.3) is 0 Å². The number of carbonyl (C=O) groups excluding carboxylic acids is 1. The maximum Gasteiger partial charge on any atom is 0.308 e. The van der Waals surface area contributed by atoms with Gasteiger partial charge in [-0.15, -0.1) is 0 Å². The van der Waals surface area contributed by atoms with Crippen LogP contribution in [0.25, 0.3) is 0 Å². The quantitative estimate of drug-likeness (QED) is 0.856. The number of carbonyl (C=O) groups is 2. The Morgan fingerprint density at radius 3 is 2.81 bits per heavy atom. The van der Waals surface area contributed by atoms with E-state index in [1.54, 1.807) is 24.3 Å². The minimum absolute atomic E-state index is 0.0574. The molecule has 1 N–H and O–H groups in total. The van der Waals surface area contributed by atoms with Crippen LogP contribution in [0.15, 0.2) is 24.3 Å². The van der Waals surface area contributed by atoms with Crippen LogP contribution in [-0.4, -0.2) is 23.5 Å². The molecule has 0 radical (unpaired) electrons. The number of amides is 1. The Balaban J connectivity index is 2.23. The van der Waals surface area contributed by atoms with E-state index in [-0.39, 0.29) is 18.9 Å². The third-order valence-electron chi connectivity index (χ3n) is 2.59. The van der Waals surface area contributed by atoms with Gasteiger partial charge in [-0.3, -0.25) is 9.59 Å². The van der Waals surface area contributed by atoms with Crippen molar-refractivity contribution >= 4 is 29.2 Å². The van der Waals surface area contributed by atoms with Crippen molar-refractivity contribution in [3.63, 3.8) is 0 Å². The van der Waals surface area contributed by atoms with Crippen LogP contribution >= 0.6 is 11.6 Å². The first-order valence-electron chi connectivity index (χ1n) is 4.86. The van der Waals surface area contributed by atoms with Gasteiger partial charge in [0, 0.05) is 23.7 Å². The van der Waals surface area contributed by atoms with Crippen molar-refractivity contribution in [2.45, 2.75) is 6.42 Å². The number of halogens is 1. The number of aliphatic carboxylic acids is 1. The van der Waals surface area contributed by atoms with Crippen molar-refractivity contribution < 1.29 is 14.7 Å². The van der Waals surface area contributed by atoms with E-state index in [9.17, 15) is 9.59 Å². The molecule has 1 saturated heterocycles. The monoisotopic (exact) mass is 239 g/mol. The molecule has 1 fully saturated rings. The number of rotatable bonds is 2. The highest BCUT2D eigenvalue weighted by atomic mass is 35.5. The summed E-state index contributed by atoms with van der Waals surface area (Å²) in [5, 5.41) is 9.38. The average molecular weight is 240 g/mol. The third-order valence-corrected chi connectivity index (χ3v) is 2.83. The number of nitrogens with zero attached hydrogens (tertiary/aromatic N) is 1. The van der Waals surface area contributed by atoms with Crippen molar-refractivity contribution in [1.82, 2.24) is 0 Å². The molecule has 1 aliphatic rings. The van der Waals surface area contributed by atoms with Crippen molar-refractivity contribution in [3.8, 4) is 0 Å². The molecule has 0 aromatic heterocycles. The molecule has 1 aromatic rings.